The van der Waals surface area contributed by atoms with Crippen LogP contribution in [-0.2, 0) is 26.2 Å². The van der Waals surface area contributed by atoms with E-state index in [0.29, 0.717) is 17.0 Å². The van der Waals surface area contributed by atoms with Gasteiger partial charge in [-0.25, -0.2) is 8.42 Å². The van der Waals surface area contributed by atoms with Gasteiger partial charge in [0.2, 0.25) is 21.8 Å². The van der Waals surface area contributed by atoms with Crippen LogP contribution in [0.1, 0.15) is 51.0 Å². The minimum Gasteiger partial charge on any atom is -0.352 e. The van der Waals surface area contributed by atoms with Crippen molar-refractivity contribution in [1.29, 1.82) is 0 Å². The Bertz CT molecular complexity index is 1220. The van der Waals surface area contributed by atoms with E-state index in [-0.39, 0.29) is 34.2 Å². The average Bonchev–Trinajstić information content (AvgIpc) is 2.85. The summed E-state index contributed by atoms with van der Waals surface area (Å²) in [4.78, 5) is 28.6. The van der Waals surface area contributed by atoms with Crippen LogP contribution in [0.5, 0.6) is 0 Å². The van der Waals surface area contributed by atoms with Crippen LogP contribution in [0.3, 0.4) is 0 Å². The van der Waals surface area contributed by atoms with E-state index in [1.54, 1.807) is 24.3 Å². The van der Waals surface area contributed by atoms with Crippen molar-refractivity contribution in [2.45, 2.75) is 64.1 Å². The number of hydrogen-bond donors (Lipinski definition) is 1. The molecule has 2 amide bonds. The first-order valence-electron chi connectivity index (χ1n) is 12.3. The maximum Gasteiger partial charge on any atom is 0.244 e. The van der Waals surface area contributed by atoms with Crippen LogP contribution >= 0.6 is 34.8 Å². The van der Waals surface area contributed by atoms with Crippen LogP contribution in [0.25, 0.3) is 0 Å². The Kier molecular flexibility index (Phi) is 10.5. The van der Waals surface area contributed by atoms with Gasteiger partial charge in [-0.1, -0.05) is 79.2 Å². The van der Waals surface area contributed by atoms with Crippen molar-refractivity contribution in [1.82, 2.24) is 10.2 Å². The number of nitrogens with one attached hydrogen (secondary N) is 1. The van der Waals surface area contributed by atoms with Crippen LogP contribution in [0.15, 0.2) is 42.5 Å². The van der Waals surface area contributed by atoms with Crippen LogP contribution < -0.4 is 9.62 Å². The van der Waals surface area contributed by atoms with Gasteiger partial charge in [0.05, 0.1) is 22.0 Å². The van der Waals surface area contributed by atoms with Gasteiger partial charge >= 0.3 is 0 Å². The highest BCUT2D eigenvalue weighted by Crippen LogP contribution is 2.29. The molecule has 0 aromatic heterocycles. The van der Waals surface area contributed by atoms with Crippen molar-refractivity contribution in [3.8, 4) is 0 Å². The molecule has 2 aromatic rings. The topological polar surface area (TPSA) is 86.8 Å². The summed E-state index contributed by atoms with van der Waals surface area (Å²) in [7, 11) is -3.88. The Morgan fingerprint density at radius 1 is 1.00 bits per heavy atom. The monoisotopic (exact) mass is 587 g/mol. The van der Waals surface area contributed by atoms with Gasteiger partial charge in [-0.15, -0.1) is 0 Å². The molecule has 1 fully saturated rings. The molecule has 1 N–H and O–H groups in total. The van der Waals surface area contributed by atoms with E-state index in [0.717, 1.165) is 42.7 Å². The maximum atomic E-state index is 13.8. The fourth-order valence-corrected chi connectivity index (χ4v) is 5.86. The molecule has 0 unspecified atom stereocenters. The SMILES string of the molecule is CC[C@@H](C(=O)NC1CCCCC1)N(Cc1ccccc1Cl)C(=O)CN(c1ccc(Cl)c(Cl)c1)S(C)(=O)=O. The Labute approximate surface area is 234 Å². The van der Waals surface area contributed by atoms with E-state index in [9.17, 15) is 18.0 Å². The van der Waals surface area contributed by atoms with Crippen molar-refractivity contribution >= 4 is 62.3 Å². The number of anilines is 1. The summed E-state index contributed by atoms with van der Waals surface area (Å²) in [6, 6.07) is 10.7. The molecule has 202 valence electrons. The standard InChI is InChI=1S/C26H32Cl3N3O4S/c1-3-24(26(34)30-19-10-5-4-6-11-19)31(16-18-9-7-8-12-21(18)27)25(33)17-32(37(2,35)36)20-13-14-22(28)23(29)15-20/h7-9,12-15,19,24H,3-6,10-11,16-17H2,1-2H3,(H,30,34)/t24-/m0/s1. The van der Waals surface area contributed by atoms with Gasteiger partial charge in [-0.05, 0) is 49.1 Å². The van der Waals surface area contributed by atoms with E-state index < -0.39 is 28.5 Å². The van der Waals surface area contributed by atoms with Crippen molar-refractivity contribution in [3.63, 3.8) is 0 Å². The summed E-state index contributed by atoms with van der Waals surface area (Å²) in [5, 5.41) is 3.97. The van der Waals surface area contributed by atoms with E-state index in [1.165, 1.54) is 23.1 Å². The number of halogens is 3. The molecule has 3 rings (SSSR count). The number of amides is 2. The highest BCUT2D eigenvalue weighted by atomic mass is 35.5. The molecule has 0 spiro atoms. The molecule has 11 heteroatoms. The van der Waals surface area contributed by atoms with Crippen molar-refractivity contribution < 1.29 is 18.0 Å². The Morgan fingerprint density at radius 3 is 2.27 bits per heavy atom. The van der Waals surface area contributed by atoms with Crippen LogP contribution in [0.4, 0.5) is 5.69 Å². The first-order valence-corrected chi connectivity index (χ1v) is 15.3. The zero-order valence-electron chi connectivity index (χ0n) is 20.9. The van der Waals surface area contributed by atoms with E-state index in [2.05, 4.69) is 5.32 Å². The third-order valence-corrected chi connectivity index (χ3v) is 8.75. The molecular formula is C26H32Cl3N3O4S. The average molecular weight is 589 g/mol. The Morgan fingerprint density at radius 2 is 1.68 bits per heavy atom. The zero-order valence-corrected chi connectivity index (χ0v) is 24.0. The minimum atomic E-state index is -3.88. The Hall–Kier alpha value is -2.00. The quantitative estimate of drug-likeness (QED) is 0.388. The number of carbonyl (C=O) groups is 2. The summed E-state index contributed by atoms with van der Waals surface area (Å²) in [6.07, 6.45) is 6.42. The number of carbonyl (C=O) groups excluding carboxylic acids is 2. The molecule has 1 atom stereocenters. The molecule has 0 saturated heterocycles. The van der Waals surface area contributed by atoms with Gasteiger partial charge in [0, 0.05) is 17.6 Å². The van der Waals surface area contributed by atoms with Gasteiger partial charge in [0.1, 0.15) is 12.6 Å². The van der Waals surface area contributed by atoms with Crippen LogP contribution in [0, 0.1) is 0 Å². The summed E-state index contributed by atoms with van der Waals surface area (Å²) in [5.41, 5.74) is 0.851. The molecule has 1 aliphatic rings. The lowest BCUT2D eigenvalue weighted by Crippen LogP contribution is -2.54. The lowest BCUT2D eigenvalue weighted by atomic mass is 9.95. The predicted molar refractivity (Wildman–Crippen MR) is 150 cm³/mol. The second kappa shape index (κ2) is 13.2. The summed E-state index contributed by atoms with van der Waals surface area (Å²) >= 11 is 18.5. The summed E-state index contributed by atoms with van der Waals surface area (Å²) < 4.78 is 26.4. The summed E-state index contributed by atoms with van der Waals surface area (Å²) in [5.74, 6) is -0.794. The van der Waals surface area contributed by atoms with Gasteiger partial charge < -0.3 is 10.2 Å². The highest BCUT2D eigenvalue weighted by molar-refractivity contribution is 7.92. The predicted octanol–water partition coefficient (Wildman–Crippen LogP) is 5.67. The smallest absolute Gasteiger partial charge is 0.244 e. The molecule has 0 heterocycles. The van der Waals surface area contributed by atoms with Gasteiger partial charge in [0.15, 0.2) is 0 Å². The Balaban J connectivity index is 1.93. The molecule has 37 heavy (non-hydrogen) atoms. The van der Waals surface area contributed by atoms with E-state index in [4.69, 9.17) is 34.8 Å². The van der Waals surface area contributed by atoms with Crippen LogP contribution in [-0.4, -0.2) is 50.0 Å². The second-order valence-electron chi connectivity index (χ2n) is 9.25. The number of rotatable bonds is 10. The third-order valence-electron chi connectivity index (χ3n) is 6.51. The van der Waals surface area contributed by atoms with Gasteiger partial charge in [-0.3, -0.25) is 13.9 Å². The largest absolute Gasteiger partial charge is 0.352 e. The number of benzene rings is 2. The highest BCUT2D eigenvalue weighted by Gasteiger charge is 2.33. The van der Waals surface area contributed by atoms with E-state index in [1.807, 2.05) is 6.92 Å². The molecule has 0 aliphatic heterocycles. The summed E-state index contributed by atoms with van der Waals surface area (Å²) in [6.45, 7) is 1.35. The number of hydrogen-bond acceptors (Lipinski definition) is 4. The van der Waals surface area contributed by atoms with Crippen molar-refractivity contribution in [2.24, 2.45) is 0 Å². The zero-order chi connectivity index (χ0) is 27.2. The fraction of sp³-hybridized carbons (Fsp3) is 0.462. The first kappa shape index (κ1) is 29.6. The normalized spacial score (nSPS) is 15.2. The molecular weight excluding hydrogens is 557 g/mol. The number of nitrogens with zero attached hydrogens (tertiary/aromatic N) is 2. The fourth-order valence-electron chi connectivity index (χ4n) is 4.53. The molecule has 1 aliphatic carbocycles. The van der Waals surface area contributed by atoms with E-state index >= 15 is 0 Å². The van der Waals surface area contributed by atoms with Crippen molar-refractivity contribution in [3.05, 3.63) is 63.1 Å². The number of sulfonamides is 1. The van der Waals surface area contributed by atoms with Crippen LogP contribution in [0.2, 0.25) is 15.1 Å². The van der Waals surface area contributed by atoms with Crippen molar-refractivity contribution in [2.75, 3.05) is 17.1 Å². The molecule has 1 saturated carbocycles. The third kappa shape index (κ3) is 7.99. The molecule has 0 bridgehead atoms. The second-order valence-corrected chi connectivity index (χ2v) is 12.4. The van der Waals surface area contributed by atoms with Gasteiger partial charge in [-0.2, -0.15) is 0 Å². The lowest BCUT2D eigenvalue weighted by Gasteiger charge is -2.34. The first-order chi connectivity index (χ1) is 17.5. The molecule has 0 radical (unpaired) electrons. The lowest BCUT2D eigenvalue weighted by molar-refractivity contribution is -0.140. The van der Waals surface area contributed by atoms with Gasteiger partial charge in [0.25, 0.3) is 0 Å². The molecule has 7 nitrogen and oxygen atoms in total. The molecule has 2 aromatic carbocycles. The minimum absolute atomic E-state index is 0.0497. The maximum absolute atomic E-state index is 13.8.